The number of hydrogen-bond acceptors (Lipinski definition) is 3. The highest BCUT2D eigenvalue weighted by molar-refractivity contribution is 5.71. The summed E-state index contributed by atoms with van der Waals surface area (Å²) < 4.78 is 27.7. The summed E-state index contributed by atoms with van der Waals surface area (Å²) in [6, 6.07) is 13.2. The highest BCUT2D eigenvalue weighted by Gasteiger charge is 2.08. The number of benzene rings is 2. The van der Waals surface area contributed by atoms with Crippen molar-refractivity contribution in [3.8, 4) is 11.3 Å². The second-order valence-corrected chi connectivity index (χ2v) is 5.31. The molecule has 3 aromatic rings. The van der Waals surface area contributed by atoms with Gasteiger partial charge in [-0.15, -0.1) is 0 Å². The van der Waals surface area contributed by atoms with Gasteiger partial charge in [-0.25, -0.2) is 13.5 Å². The largest absolute Gasteiger partial charge is 0.329 e. The van der Waals surface area contributed by atoms with Crippen molar-refractivity contribution < 1.29 is 13.6 Å². The molecule has 0 aliphatic rings. The number of hydrogen-bond donors (Lipinski definition) is 1. The lowest BCUT2D eigenvalue weighted by Crippen LogP contribution is -2.22. The van der Waals surface area contributed by atoms with Gasteiger partial charge in [0.05, 0.1) is 12.2 Å². The molecule has 0 saturated heterocycles. The average Bonchev–Trinajstić information content (AvgIpc) is 2.60. The van der Waals surface area contributed by atoms with E-state index in [0.29, 0.717) is 23.4 Å². The van der Waals surface area contributed by atoms with Crippen LogP contribution in [0, 0.1) is 11.6 Å². The molecule has 0 fully saturated rings. The molecular formula is C18H13F2N3O2. The maximum absolute atomic E-state index is 13.4. The van der Waals surface area contributed by atoms with E-state index in [1.165, 1.54) is 22.9 Å². The molecule has 2 aromatic carbocycles. The van der Waals surface area contributed by atoms with E-state index in [-0.39, 0.29) is 12.1 Å². The number of amides is 1. The highest BCUT2D eigenvalue weighted by Crippen LogP contribution is 2.19. The third-order valence-corrected chi connectivity index (χ3v) is 3.57. The molecule has 0 aliphatic heterocycles. The maximum atomic E-state index is 13.4. The van der Waals surface area contributed by atoms with Crippen molar-refractivity contribution in [1.82, 2.24) is 9.78 Å². The molecule has 7 heteroatoms. The minimum absolute atomic E-state index is 0.171. The fourth-order valence-corrected chi connectivity index (χ4v) is 2.37. The molecule has 0 bridgehead atoms. The van der Waals surface area contributed by atoms with Crippen molar-refractivity contribution in [3.63, 3.8) is 0 Å². The van der Waals surface area contributed by atoms with Gasteiger partial charge in [0.2, 0.25) is 6.41 Å². The standard InChI is InChI=1S/C18H13F2N3O2/c19-15-5-4-13(9-16(15)20)17-6-7-18(25)23(22-17)10-12-2-1-3-14(8-12)21-11-24/h1-9,11H,10H2,(H,21,24). The zero-order valence-electron chi connectivity index (χ0n) is 12.9. The number of rotatable bonds is 5. The van der Waals surface area contributed by atoms with Crippen LogP contribution in [-0.4, -0.2) is 16.2 Å². The number of carbonyl (C=O) groups excluding carboxylic acids is 1. The van der Waals surface area contributed by atoms with Crippen molar-refractivity contribution in [2.75, 3.05) is 5.32 Å². The first kappa shape index (κ1) is 16.5. The van der Waals surface area contributed by atoms with Crippen LogP contribution < -0.4 is 10.9 Å². The summed E-state index contributed by atoms with van der Waals surface area (Å²) in [7, 11) is 0. The lowest BCUT2D eigenvalue weighted by Gasteiger charge is -2.09. The van der Waals surface area contributed by atoms with Gasteiger partial charge in [0, 0.05) is 17.3 Å². The SMILES string of the molecule is O=CNc1cccc(Cn2nc(-c3ccc(F)c(F)c3)ccc2=O)c1. The van der Waals surface area contributed by atoms with Crippen LogP contribution in [0.15, 0.2) is 59.4 Å². The Morgan fingerprint density at radius 1 is 1.04 bits per heavy atom. The number of halogens is 2. The lowest BCUT2D eigenvalue weighted by molar-refractivity contribution is -0.105. The number of nitrogens with zero attached hydrogens (tertiary/aromatic N) is 2. The van der Waals surface area contributed by atoms with E-state index in [4.69, 9.17) is 0 Å². The third-order valence-electron chi connectivity index (χ3n) is 3.57. The summed E-state index contributed by atoms with van der Waals surface area (Å²) in [4.78, 5) is 22.5. The molecule has 0 aliphatic carbocycles. The molecule has 0 radical (unpaired) electrons. The smallest absolute Gasteiger partial charge is 0.267 e. The fourth-order valence-electron chi connectivity index (χ4n) is 2.37. The van der Waals surface area contributed by atoms with Crippen LogP contribution in [-0.2, 0) is 11.3 Å². The van der Waals surface area contributed by atoms with Gasteiger partial charge in [-0.05, 0) is 42.0 Å². The summed E-state index contributed by atoms with van der Waals surface area (Å²) in [6.45, 7) is 0.171. The Morgan fingerprint density at radius 3 is 2.64 bits per heavy atom. The van der Waals surface area contributed by atoms with Gasteiger partial charge in [-0.3, -0.25) is 9.59 Å². The molecule has 0 spiro atoms. The molecule has 3 rings (SSSR count). The van der Waals surface area contributed by atoms with Crippen LogP contribution in [0.25, 0.3) is 11.3 Å². The quantitative estimate of drug-likeness (QED) is 0.726. The van der Waals surface area contributed by atoms with Gasteiger partial charge in [-0.1, -0.05) is 12.1 Å². The van der Waals surface area contributed by atoms with E-state index >= 15 is 0 Å². The third kappa shape index (κ3) is 3.77. The van der Waals surface area contributed by atoms with E-state index in [1.54, 1.807) is 24.3 Å². The number of aromatic nitrogens is 2. The predicted octanol–water partition coefficient (Wildman–Crippen LogP) is 2.81. The van der Waals surface area contributed by atoms with Crippen LogP contribution in [0.1, 0.15) is 5.56 Å². The maximum Gasteiger partial charge on any atom is 0.267 e. The number of carbonyl (C=O) groups is 1. The zero-order chi connectivity index (χ0) is 17.8. The molecule has 126 valence electrons. The Kier molecular flexibility index (Phi) is 4.65. The summed E-state index contributed by atoms with van der Waals surface area (Å²) in [5.41, 5.74) is 1.73. The molecule has 1 aromatic heterocycles. The molecule has 5 nitrogen and oxygen atoms in total. The monoisotopic (exact) mass is 341 g/mol. The van der Waals surface area contributed by atoms with Crippen molar-refractivity contribution in [3.05, 3.63) is 82.1 Å². The van der Waals surface area contributed by atoms with Crippen molar-refractivity contribution >= 4 is 12.1 Å². The average molecular weight is 341 g/mol. The first-order valence-corrected chi connectivity index (χ1v) is 7.39. The first-order chi connectivity index (χ1) is 12.1. The van der Waals surface area contributed by atoms with E-state index in [0.717, 1.165) is 17.7 Å². The zero-order valence-corrected chi connectivity index (χ0v) is 12.9. The molecular weight excluding hydrogens is 328 g/mol. The van der Waals surface area contributed by atoms with Gasteiger partial charge in [0.1, 0.15) is 0 Å². The predicted molar refractivity (Wildman–Crippen MR) is 89.1 cm³/mol. The van der Waals surface area contributed by atoms with Gasteiger partial charge >= 0.3 is 0 Å². The Labute approximate surface area is 141 Å². The van der Waals surface area contributed by atoms with E-state index in [1.807, 2.05) is 0 Å². The number of anilines is 1. The normalized spacial score (nSPS) is 10.5. The molecule has 1 N–H and O–H groups in total. The van der Waals surface area contributed by atoms with Crippen molar-refractivity contribution in [1.29, 1.82) is 0 Å². The summed E-state index contributed by atoms with van der Waals surface area (Å²) in [5.74, 6) is -1.93. The lowest BCUT2D eigenvalue weighted by atomic mass is 10.1. The van der Waals surface area contributed by atoms with Crippen molar-refractivity contribution in [2.24, 2.45) is 0 Å². The molecule has 0 saturated carbocycles. The van der Waals surface area contributed by atoms with Crippen LogP contribution in [0.2, 0.25) is 0 Å². The minimum atomic E-state index is -0.982. The number of nitrogens with one attached hydrogen (secondary N) is 1. The Morgan fingerprint density at radius 2 is 1.88 bits per heavy atom. The Hall–Kier alpha value is -3.35. The van der Waals surface area contributed by atoms with Gasteiger partial charge in [0.25, 0.3) is 5.56 Å². The van der Waals surface area contributed by atoms with Crippen LogP contribution in [0.4, 0.5) is 14.5 Å². The fraction of sp³-hybridized carbons (Fsp3) is 0.0556. The van der Waals surface area contributed by atoms with Gasteiger partial charge in [-0.2, -0.15) is 5.10 Å². The van der Waals surface area contributed by atoms with Crippen molar-refractivity contribution in [2.45, 2.75) is 6.54 Å². The van der Waals surface area contributed by atoms with E-state index < -0.39 is 11.6 Å². The van der Waals surface area contributed by atoms with Crippen LogP contribution in [0.5, 0.6) is 0 Å². The second kappa shape index (κ2) is 7.04. The Balaban J connectivity index is 1.94. The van der Waals surface area contributed by atoms with Gasteiger partial charge in [0.15, 0.2) is 11.6 Å². The van der Waals surface area contributed by atoms with Gasteiger partial charge < -0.3 is 5.32 Å². The van der Waals surface area contributed by atoms with Crippen LogP contribution in [0.3, 0.4) is 0 Å². The molecule has 25 heavy (non-hydrogen) atoms. The summed E-state index contributed by atoms with van der Waals surface area (Å²) in [5, 5.41) is 6.74. The summed E-state index contributed by atoms with van der Waals surface area (Å²) >= 11 is 0. The Bertz CT molecular complexity index is 986. The minimum Gasteiger partial charge on any atom is -0.329 e. The van der Waals surface area contributed by atoms with E-state index in [2.05, 4.69) is 10.4 Å². The van der Waals surface area contributed by atoms with E-state index in [9.17, 15) is 18.4 Å². The van der Waals surface area contributed by atoms with Crippen LogP contribution >= 0.6 is 0 Å². The second-order valence-electron chi connectivity index (χ2n) is 5.31. The topological polar surface area (TPSA) is 64.0 Å². The molecule has 1 heterocycles. The summed E-state index contributed by atoms with van der Waals surface area (Å²) in [6.07, 6.45) is 0.563. The first-order valence-electron chi connectivity index (χ1n) is 7.39. The molecule has 0 atom stereocenters. The molecule has 0 unspecified atom stereocenters. The highest BCUT2D eigenvalue weighted by atomic mass is 19.2. The molecule has 1 amide bonds.